The number of halogens is 1. The molecule has 0 N–H and O–H groups in total. The molecule has 1 aromatic heterocycles. The fourth-order valence-electron chi connectivity index (χ4n) is 1.08. The van der Waals surface area contributed by atoms with Gasteiger partial charge in [-0.3, -0.25) is 0 Å². The van der Waals surface area contributed by atoms with E-state index < -0.39 is 4.92 Å². The van der Waals surface area contributed by atoms with Gasteiger partial charge < -0.3 is 19.6 Å². The highest BCUT2D eigenvalue weighted by atomic mass is 79.9. The second-order valence-electron chi connectivity index (χ2n) is 3.12. The van der Waals surface area contributed by atoms with Crippen molar-refractivity contribution < 1.29 is 4.92 Å². The van der Waals surface area contributed by atoms with Crippen LogP contribution < -0.4 is 0 Å². The summed E-state index contributed by atoms with van der Waals surface area (Å²) in [5, 5.41) is 10.5. The second kappa shape index (κ2) is 5.06. The summed E-state index contributed by atoms with van der Waals surface area (Å²) in [4.78, 5) is 15.6. The lowest BCUT2D eigenvalue weighted by atomic mass is 10.4. The number of aryl methyl sites for hydroxylation is 1. The highest BCUT2D eigenvalue weighted by Crippen LogP contribution is 2.15. The Bertz CT molecular complexity index is 323. The molecule has 0 bridgehead atoms. The first-order valence-corrected chi connectivity index (χ1v) is 3.81. The van der Waals surface area contributed by atoms with Crippen LogP contribution in [0.2, 0.25) is 0 Å². The highest BCUT2D eigenvalue weighted by Gasteiger charge is 2.19. The lowest BCUT2D eigenvalue weighted by Crippen LogP contribution is -2.14. The van der Waals surface area contributed by atoms with Gasteiger partial charge in [0.25, 0.3) is 0 Å². The zero-order valence-corrected chi connectivity index (χ0v) is 10.0. The van der Waals surface area contributed by atoms with E-state index in [1.54, 1.807) is 11.6 Å². The third-order valence-corrected chi connectivity index (χ3v) is 1.68. The van der Waals surface area contributed by atoms with Gasteiger partial charge in [0.2, 0.25) is 6.33 Å². The predicted octanol–water partition coefficient (Wildman–Crippen LogP) is 0.968. The number of aromatic nitrogens is 2. The molecule has 0 unspecified atom stereocenters. The van der Waals surface area contributed by atoms with Crippen LogP contribution in [0.25, 0.3) is 0 Å². The summed E-state index contributed by atoms with van der Waals surface area (Å²) in [6.07, 6.45) is 1.46. The Labute approximate surface area is 92.5 Å². The number of nitrogens with zero attached hydrogens (tertiary/aromatic N) is 4. The molecule has 0 saturated carbocycles. The van der Waals surface area contributed by atoms with Gasteiger partial charge in [0.1, 0.15) is 5.69 Å². The van der Waals surface area contributed by atoms with E-state index in [9.17, 15) is 10.1 Å². The third-order valence-electron chi connectivity index (χ3n) is 1.68. The van der Waals surface area contributed by atoms with Gasteiger partial charge >= 0.3 is 5.82 Å². The maximum atomic E-state index is 10.5. The molecule has 14 heavy (non-hydrogen) atoms. The van der Waals surface area contributed by atoms with E-state index in [1.165, 1.54) is 6.33 Å². The van der Waals surface area contributed by atoms with Crippen LogP contribution in [0.1, 0.15) is 5.69 Å². The van der Waals surface area contributed by atoms with Crippen LogP contribution >= 0.6 is 17.0 Å². The van der Waals surface area contributed by atoms with E-state index in [0.29, 0.717) is 12.2 Å². The third kappa shape index (κ3) is 2.78. The smallest absolute Gasteiger partial charge is 0.358 e. The molecule has 0 aliphatic carbocycles. The van der Waals surface area contributed by atoms with E-state index >= 15 is 0 Å². The first kappa shape index (κ1) is 13.1. The molecule has 0 amide bonds. The number of rotatable bonds is 3. The van der Waals surface area contributed by atoms with Crippen LogP contribution in [0.3, 0.4) is 0 Å². The SMILES string of the molecule is Br.CN(C)Cc1c([N+](=O)[O-])ncn1C. The number of imidazole rings is 1. The van der Waals surface area contributed by atoms with Crippen LogP contribution in [0.15, 0.2) is 6.33 Å². The van der Waals surface area contributed by atoms with Crippen molar-refractivity contribution in [2.24, 2.45) is 7.05 Å². The van der Waals surface area contributed by atoms with Crippen LogP contribution in [0.4, 0.5) is 5.82 Å². The van der Waals surface area contributed by atoms with Gasteiger partial charge in [-0.05, 0) is 24.0 Å². The Hall–Kier alpha value is -0.950. The summed E-state index contributed by atoms with van der Waals surface area (Å²) in [7, 11) is 5.46. The van der Waals surface area contributed by atoms with Gasteiger partial charge in [-0.1, -0.05) is 0 Å². The maximum absolute atomic E-state index is 10.5. The average Bonchev–Trinajstić information content (AvgIpc) is 2.32. The van der Waals surface area contributed by atoms with E-state index in [4.69, 9.17) is 0 Å². The molecule has 0 atom stereocenters. The van der Waals surface area contributed by atoms with Crippen molar-refractivity contribution >= 4 is 22.8 Å². The summed E-state index contributed by atoms with van der Waals surface area (Å²) in [6, 6.07) is 0. The average molecular weight is 265 g/mol. The van der Waals surface area contributed by atoms with Crippen molar-refractivity contribution in [3.63, 3.8) is 0 Å². The molecule has 0 radical (unpaired) electrons. The van der Waals surface area contributed by atoms with Crippen LogP contribution in [0, 0.1) is 10.1 Å². The van der Waals surface area contributed by atoms with Crippen LogP contribution in [0.5, 0.6) is 0 Å². The molecule has 0 saturated heterocycles. The molecular weight excluding hydrogens is 252 g/mol. The molecule has 0 aliphatic heterocycles. The topological polar surface area (TPSA) is 64.2 Å². The summed E-state index contributed by atoms with van der Waals surface area (Å²) < 4.78 is 1.66. The van der Waals surface area contributed by atoms with Gasteiger partial charge in [0, 0.05) is 13.6 Å². The molecule has 6 nitrogen and oxygen atoms in total. The lowest BCUT2D eigenvalue weighted by Gasteiger charge is -2.08. The number of hydrogen-bond acceptors (Lipinski definition) is 4. The minimum absolute atomic E-state index is 0. The normalized spacial score (nSPS) is 10.0. The van der Waals surface area contributed by atoms with Crippen molar-refractivity contribution in [3.8, 4) is 0 Å². The highest BCUT2D eigenvalue weighted by molar-refractivity contribution is 8.93. The molecule has 0 spiro atoms. The first-order valence-electron chi connectivity index (χ1n) is 3.81. The molecule has 1 heterocycles. The summed E-state index contributed by atoms with van der Waals surface area (Å²) in [6.45, 7) is 0.521. The maximum Gasteiger partial charge on any atom is 0.386 e. The van der Waals surface area contributed by atoms with Gasteiger partial charge in [0.05, 0.1) is 0 Å². The quantitative estimate of drug-likeness (QED) is 0.603. The summed E-state index contributed by atoms with van der Waals surface area (Å²) in [5.74, 6) is -0.0591. The van der Waals surface area contributed by atoms with E-state index in [-0.39, 0.29) is 22.8 Å². The first-order chi connectivity index (χ1) is 6.02. The van der Waals surface area contributed by atoms with Gasteiger partial charge in [-0.15, -0.1) is 17.0 Å². The Balaban J connectivity index is 0.00000169. The number of hydrogen-bond donors (Lipinski definition) is 0. The number of nitro groups is 1. The Morgan fingerprint density at radius 2 is 2.21 bits per heavy atom. The largest absolute Gasteiger partial charge is 0.386 e. The molecule has 0 fully saturated rings. The minimum atomic E-state index is -0.459. The van der Waals surface area contributed by atoms with Crippen molar-refractivity contribution in [2.75, 3.05) is 14.1 Å². The van der Waals surface area contributed by atoms with E-state index in [0.717, 1.165) is 0 Å². The molecule has 80 valence electrons. The fourth-order valence-corrected chi connectivity index (χ4v) is 1.08. The summed E-state index contributed by atoms with van der Waals surface area (Å²) >= 11 is 0. The lowest BCUT2D eigenvalue weighted by molar-refractivity contribution is -0.390. The summed E-state index contributed by atoms with van der Waals surface area (Å²) in [5.41, 5.74) is 0.620. The van der Waals surface area contributed by atoms with E-state index in [1.807, 2.05) is 19.0 Å². The van der Waals surface area contributed by atoms with Gasteiger partial charge in [-0.25, -0.2) is 0 Å². The second-order valence-corrected chi connectivity index (χ2v) is 3.12. The van der Waals surface area contributed by atoms with Gasteiger partial charge in [0.15, 0.2) is 0 Å². The van der Waals surface area contributed by atoms with Crippen LogP contribution in [-0.4, -0.2) is 33.5 Å². The molecule has 7 heteroatoms. The molecule has 1 aromatic rings. The van der Waals surface area contributed by atoms with E-state index in [2.05, 4.69) is 4.98 Å². The van der Waals surface area contributed by atoms with Gasteiger partial charge in [-0.2, -0.15) is 0 Å². The fraction of sp³-hybridized carbons (Fsp3) is 0.571. The zero-order chi connectivity index (χ0) is 10.0. The van der Waals surface area contributed by atoms with Crippen molar-refractivity contribution in [1.29, 1.82) is 0 Å². The Kier molecular flexibility index (Phi) is 4.72. The molecule has 0 aromatic carbocycles. The molecule has 0 aliphatic rings. The Morgan fingerprint density at radius 3 is 2.64 bits per heavy atom. The van der Waals surface area contributed by atoms with Crippen molar-refractivity contribution in [3.05, 3.63) is 22.1 Å². The standard InChI is InChI=1S/C7H12N4O2.BrH/c1-9(2)4-6-7(11(12)13)8-5-10(6)3;/h5H,4H2,1-3H3;1H. The zero-order valence-electron chi connectivity index (χ0n) is 8.30. The molecule has 1 rings (SSSR count). The monoisotopic (exact) mass is 264 g/mol. The van der Waals surface area contributed by atoms with Crippen molar-refractivity contribution in [2.45, 2.75) is 6.54 Å². The van der Waals surface area contributed by atoms with Crippen molar-refractivity contribution in [1.82, 2.24) is 14.5 Å². The predicted molar refractivity (Wildman–Crippen MR) is 57.6 cm³/mol. The molecular formula is C7H13BrN4O2. The minimum Gasteiger partial charge on any atom is -0.358 e. The van der Waals surface area contributed by atoms with Crippen LogP contribution in [-0.2, 0) is 13.6 Å². The Morgan fingerprint density at radius 1 is 1.64 bits per heavy atom.